The second-order valence-corrected chi connectivity index (χ2v) is 4.92. The van der Waals surface area contributed by atoms with Gasteiger partial charge in [0, 0.05) is 18.8 Å². The van der Waals surface area contributed by atoms with Crippen LogP contribution in [0, 0.1) is 6.92 Å². The molecule has 1 saturated heterocycles. The number of carbonyl (C=O) groups is 1. The van der Waals surface area contributed by atoms with Crippen LogP contribution in [0.25, 0.3) is 0 Å². The van der Waals surface area contributed by atoms with Crippen molar-refractivity contribution in [2.75, 3.05) is 6.54 Å². The molecule has 1 amide bonds. The first kappa shape index (κ1) is 11.3. The standard InChI is InChI=1S/C11H12N4O2S/c1-7-13-10(14-17-7)9-3-2-4-15(9)11(16)8-5-18-6-12-8/h5-6,9H,2-4H2,1H3/t9-/m0/s1. The predicted octanol–water partition coefficient (Wildman–Crippen LogP) is 1.81. The van der Waals surface area contributed by atoms with Crippen molar-refractivity contribution in [3.05, 3.63) is 28.3 Å². The number of aromatic nitrogens is 3. The van der Waals surface area contributed by atoms with Crippen LogP contribution in [-0.4, -0.2) is 32.5 Å². The van der Waals surface area contributed by atoms with Crippen molar-refractivity contribution >= 4 is 17.2 Å². The lowest BCUT2D eigenvalue weighted by molar-refractivity contribution is 0.0723. The van der Waals surface area contributed by atoms with Crippen molar-refractivity contribution in [3.8, 4) is 0 Å². The number of aryl methyl sites for hydroxylation is 1. The number of likely N-dealkylation sites (tertiary alicyclic amines) is 1. The zero-order chi connectivity index (χ0) is 12.5. The molecule has 3 rings (SSSR count). The summed E-state index contributed by atoms with van der Waals surface area (Å²) in [4.78, 5) is 22.3. The van der Waals surface area contributed by atoms with E-state index >= 15 is 0 Å². The Morgan fingerprint density at radius 3 is 3.17 bits per heavy atom. The van der Waals surface area contributed by atoms with Gasteiger partial charge in [0.05, 0.1) is 11.6 Å². The lowest BCUT2D eigenvalue weighted by Crippen LogP contribution is -2.31. The molecule has 3 heterocycles. The van der Waals surface area contributed by atoms with Crippen LogP contribution in [0.2, 0.25) is 0 Å². The Bertz CT molecular complexity index is 551. The third-order valence-electron chi connectivity index (χ3n) is 3.01. The summed E-state index contributed by atoms with van der Waals surface area (Å²) in [6.07, 6.45) is 1.82. The lowest BCUT2D eigenvalue weighted by Gasteiger charge is -2.20. The van der Waals surface area contributed by atoms with E-state index in [1.54, 1.807) is 22.7 Å². The molecule has 0 N–H and O–H groups in total. The SMILES string of the molecule is Cc1nc([C@@H]2CCCN2C(=O)c2cscn2)no1. The number of rotatable bonds is 2. The molecule has 6 nitrogen and oxygen atoms in total. The van der Waals surface area contributed by atoms with E-state index in [1.165, 1.54) is 11.3 Å². The van der Waals surface area contributed by atoms with Gasteiger partial charge in [-0.2, -0.15) is 4.98 Å². The molecule has 0 unspecified atom stereocenters. The van der Waals surface area contributed by atoms with E-state index in [2.05, 4.69) is 15.1 Å². The summed E-state index contributed by atoms with van der Waals surface area (Å²) in [7, 11) is 0. The maximum atomic E-state index is 12.3. The van der Waals surface area contributed by atoms with E-state index < -0.39 is 0 Å². The van der Waals surface area contributed by atoms with E-state index in [4.69, 9.17) is 4.52 Å². The monoisotopic (exact) mass is 264 g/mol. The fourth-order valence-corrected chi connectivity index (χ4v) is 2.72. The highest BCUT2D eigenvalue weighted by atomic mass is 32.1. The lowest BCUT2D eigenvalue weighted by atomic mass is 10.2. The van der Waals surface area contributed by atoms with Gasteiger partial charge < -0.3 is 9.42 Å². The predicted molar refractivity (Wildman–Crippen MR) is 64.2 cm³/mol. The minimum Gasteiger partial charge on any atom is -0.340 e. The van der Waals surface area contributed by atoms with E-state index in [0.29, 0.717) is 24.0 Å². The van der Waals surface area contributed by atoms with E-state index in [9.17, 15) is 4.79 Å². The molecule has 1 aliphatic heterocycles. The van der Waals surface area contributed by atoms with Crippen LogP contribution in [0.15, 0.2) is 15.4 Å². The normalized spacial score (nSPS) is 19.4. The Kier molecular flexibility index (Phi) is 2.83. The molecule has 0 saturated carbocycles. The molecule has 1 aliphatic rings. The number of amides is 1. The van der Waals surface area contributed by atoms with Gasteiger partial charge >= 0.3 is 0 Å². The molecule has 18 heavy (non-hydrogen) atoms. The van der Waals surface area contributed by atoms with E-state index in [0.717, 1.165) is 12.8 Å². The van der Waals surface area contributed by atoms with Crippen molar-refractivity contribution in [2.24, 2.45) is 0 Å². The average Bonchev–Trinajstić information content (AvgIpc) is 3.09. The quantitative estimate of drug-likeness (QED) is 0.827. The zero-order valence-electron chi connectivity index (χ0n) is 9.87. The summed E-state index contributed by atoms with van der Waals surface area (Å²) < 4.78 is 4.98. The van der Waals surface area contributed by atoms with Gasteiger partial charge in [-0.3, -0.25) is 4.79 Å². The van der Waals surface area contributed by atoms with E-state index in [-0.39, 0.29) is 11.9 Å². The number of carbonyl (C=O) groups excluding carboxylic acids is 1. The van der Waals surface area contributed by atoms with Crippen molar-refractivity contribution in [1.29, 1.82) is 0 Å². The first-order chi connectivity index (χ1) is 8.75. The van der Waals surface area contributed by atoms with Crippen LogP contribution in [0.3, 0.4) is 0 Å². The molecular weight excluding hydrogens is 252 g/mol. The summed E-state index contributed by atoms with van der Waals surface area (Å²) in [5.74, 6) is 1.06. The van der Waals surface area contributed by atoms with Crippen LogP contribution >= 0.6 is 11.3 Å². The van der Waals surface area contributed by atoms with Crippen molar-refractivity contribution < 1.29 is 9.32 Å². The van der Waals surface area contributed by atoms with Gasteiger partial charge in [-0.1, -0.05) is 5.16 Å². The Hall–Kier alpha value is -1.76. The molecular formula is C11H12N4O2S. The van der Waals surface area contributed by atoms with Gasteiger partial charge in [0.1, 0.15) is 5.69 Å². The molecule has 94 valence electrons. The molecule has 0 spiro atoms. The third-order valence-corrected chi connectivity index (χ3v) is 3.59. The highest BCUT2D eigenvalue weighted by Gasteiger charge is 2.34. The van der Waals surface area contributed by atoms with Gasteiger partial charge in [0.2, 0.25) is 5.89 Å². The van der Waals surface area contributed by atoms with Crippen LogP contribution < -0.4 is 0 Å². The summed E-state index contributed by atoms with van der Waals surface area (Å²) in [5, 5.41) is 5.68. The summed E-state index contributed by atoms with van der Waals surface area (Å²) in [6, 6.07) is -0.0864. The van der Waals surface area contributed by atoms with Crippen LogP contribution in [0.5, 0.6) is 0 Å². The average molecular weight is 264 g/mol. The van der Waals surface area contributed by atoms with Crippen molar-refractivity contribution in [1.82, 2.24) is 20.0 Å². The second-order valence-electron chi connectivity index (χ2n) is 4.20. The number of thiazole rings is 1. The number of hydrogen-bond acceptors (Lipinski definition) is 6. The van der Waals surface area contributed by atoms with Gasteiger partial charge in [0.25, 0.3) is 5.91 Å². The molecule has 0 radical (unpaired) electrons. The first-order valence-corrected chi connectivity index (χ1v) is 6.69. The summed E-state index contributed by atoms with van der Waals surface area (Å²) in [6.45, 7) is 2.46. The second kappa shape index (κ2) is 4.49. The smallest absolute Gasteiger partial charge is 0.273 e. The first-order valence-electron chi connectivity index (χ1n) is 5.75. The summed E-state index contributed by atoms with van der Waals surface area (Å²) in [5.41, 5.74) is 2.16. The molecule has 7 heteroatoms. The summed E-state index contributed by atoms with van der Waals surface area (Å²) >= 11 is 1.42. The molecule has 0 aliphatic carbocycles. The highest BCUT2D eigenvalue weighted by Crippen LogP contribution is 2.31. The molecule has 2 aromatic rings. The maximum Gasteiger partial charge on any atom is 0.273 e. The minimum absolute atomic E-state index is 0.0544. The fraction of sp³-hybridized carbons (Fsp3) is 0.455. The Morgan fingerprint density at radius 2 is 2.50 bits per heavy atom. The van der Waals surface area contributed by atoms with Crippen molar-refractivity contribution in [3.63, 3.8) is 0 Å². The van der Waals surface area contributed by atoms with Gasteiger partial charge in [-0.15, -0.1) is 11.3 Å². The van der Waals surface area contributed by atoms with Gasteiger partial charge in [0.15, 0.2) is 5.82 Å². The number of nitrogens with zero attached hydrogens (tertiary/aromatic N) is 4. The minimum atomic E-state index is -0.0864. The van der Waals surface area contributed by atoms with Crippen molar-refractivity contribution in [2.45, 2.75) is 25.8 Å². The van der Waals surface area contributed by atoms with Crippen LogP contribution in [-0.2, 0) is 0 Å². The molecule has 1 atom stereocenters. The molecule has 0 aromatic carbocycles. The topological polar surface area (TPSA) is 72.1 Å². The van der Waals surface area contributed by atoms with Gasteiger partial charge in [-0.05, 0) is 12.8 Å². The Balaban J connectivity index is 1.85. The van der Waals surface area contributed by atoms with Crippen LogP contribution in [0.4, 0.5) is 0 Å². The fourth-order valence-electron chi connectivity index (χ4n) is 2.19. The van der Waals surface area contributed by atoms with Crippen LogP contribution in [0.1, 0.15) is 41.1 Å². The highest BCUT2D eigenvalue weighted by molar-refractivity contribution is 7.07. The largest absolute Gasteiger partial charge is 0.340 e. The third kappa shape index (κ3) is 1.90. The molecule has 0 bridgehead atoms. The maximum absolute atomic E-state index is 12.3. The molecule has 1 fully saturated rings. The molecule has 2 aromatic heterocycles. The Morgan fingerprint density at radius 1 is 1.61 bits per heavy atom. The zero-order valence-corrected chi connectivity index (χ0v) is 10.7. The van der Waals surface area contributed by atoms with E-state index in [1.807, 2.05) is 0 Å². The Labute approximate surface area is 108 Å². The van der Waals surface area contributed by atoms with Gasteiger partial charge in [-0.25, -0.2) is 4.98 Å². The number of hydrogen-bond donors (Lipinski definition) is 0.